The van der Waals surface area contributed by atoms with E-state index in [1.54, 1.807) is 6.07 Å². The van der Waals surface area contributed by atoms with Crippen LogP contribution in [0, 0.1) is 11.2 Å². The van der Waals surface area contributed by atoms with Crippen molar-refractivity contribution in [1.29, 1.82) is 0 Å². The first kappa shape index (κ1) is 14.8. The van der Waals surface area contributed by atoms with Crippen LogP contribution in [0.3, 0.4) is 0 Å². The third-order valence-corrected chi connectivity index (χ3v) is 5.03. The highest BCUT2D eigenvalue weighted by Crippen LogP contribution is 2.44. The first-order valence-electron chi connectivity index (χ1n) is 7.01. The summed E-state index contributed by atoms with van der Waals surface area (Å²) >= 11 is 6.12. The molecule has 19 heavy (non-hydrogen) atoms. The van der Waals surface area contributed by atoms with Gasteiger partial charge < -0.3 is 0 Å². The van der Waals surface area contributed by atoms with Crippen LogP contribution in [0.5, 0.6) is 0 Å². The number of benzene rings is 1. The van der Waals surface area contributed by atoms with Crippen LogP contribution in [-0.2, 0) is 6.42 Å². The van der Waals surface area contributed by atoms with Crippen molar-refractivity contribution in [2.24, 2.45) is 11.3 Å². The summed E-state index contributed by atoms with van der Waals surface area (Å²) in [6.45, 7) is 2.22. The average Bonchev–Trinajstić information content (AvgIpc) is 2.88. The highest BCUT2D eigenvalue weighted by Gasteiger charge is 2.39. The van der Waals surface area contributed by atoms with Gasteiger partial charge in [0.1, 0.15) is 5.82 Å². The van der Waals surface area contributed by atoms with Gasteiger partial charge in [-0.3, -0.25) is 11.3 Å². The largest absolute Gasteiger partial charge is 0.271 e. The van der Waals surface area contributed by atoms with Crippen LogP contribution in [0.1, 0.15) is 44.6 Å². The lowest BCUT2D eigenvalue weighted by molar-refractivity contribution is 0.185. The number of nitrogens with two attached hydrogens (primary N) is 1. The van der Waals surface area contributed by atoms with Crippen molar-refractivity contribution in [3.8, 4) is 0 Å². The molecule has 0 bridgehead atoms. The van der Waals surface area contributed by atoms with Gasteiger partial charge >= 0.3 is 0 Å². The Morgan fingerprint density at radius 3 is 2.63 bits per heavy atom. The molecule has 1 aromatic carbocycles. The lowest BCUT2D eigenvalue weighted by atomic mass is 9.74. The highest BCUT2D eigenvalue weighted by molar-refractivity contribution is 6.31. The van der Waals surface area contributed by atoms with Crippen LogP contribution in [0.15, 0.2) is 18.2 Å². The SMILES string of the molecule is CCC1(C(Cc2ccc(F)cc2Cl)NN)CCCC1. The summed E-state index contributed by atoms with van der Waals surface area (Å²) in [5.74, 6) is 5.48. The van der Waals surface area contributed by atoms with Gasteiger partial charge in [-0.2, -0.15) is 0 Å². The minimum absolute atomic E-state index is 0.197. The molecule has 1 atom stereocenters. The van der Waals surface area contributed by atoms with Crippen LogP contribution < -0.4 is 11.3 Å². The second-order valence-electron chi connectivity index (χ2n) is 5.58. The molecule has 1 unspecified atom stereocenters. The Balaban J connectivity index is 2.18. The summed E-state index contributed by atoms with van der Waals surface area (Å²) in [7, 11) is 0. The van der Waals surface area contributed by atoms with Crippen molar-refractivity contribution in [2.75, 3.05) is 0 Å². The van der Waals surface area contributed by atoms with Gasteiger partial charge in [0.2, 0.25) is 0 Å². The Labute approximate surface area is 119 Å². The van der Waals surface area contributed by atoms with Gasteiger partial charge in [0.25, 0.3) is 0 Å². The molecule has 1 aliphatic carbocycles. The summed E-state index contributed by atoms with van der Waals surface area (Å²) in [5.41, 5.74) is 4.19. The molecule has 0 aliphatic heterocycles. The average molecular weight is 285 g/mol. The van der Waals surface area contributed by atoms with Crippen molar-refractivity contribution in [3.05, 3.63) is 34.6 Å². The zero-order valence-corrected chi connectivity index (χ0v) is 12.1. The lowest BCUT2D eigenvalue weighted by Crippen LogP contribution is -2.48. The Morgan fingerprint density at radius 2 is 2.11 bits per heavy atom. The van der Waals surface area contributed by atoms with Crippen LogP contribution in [0.4, 0.5) is 4.39 Å². The predicted octanol–water partition coefficient (Wildman–Crippen LogP) is 3.82. The number of hydrazine groups is 1. The van der Waals surface area contributed by atoms with E-state index < -0.39 is 0 Å². The van der Waals surface area contributed by atoms with Crippen LogP contribution in [0.25, 0.3) is 0 Å². The third-order valence-electron chi connectivity index (χ3n) is 4.68. The lowest BCUT2D eigenvalue weighted by Gasteiger charge is -2.36. The molecule has 2 nitrogen and oxygen atoms in total. The van der Waals surface area contributed by atoms with Crippen molar-refractivity contribution < 1.29 is 4.39 Å². The number of nitrogens with one attached hydrogen (secondary N) is 1. The van der Waals surface area contributed by atoms with Gasteiger partial charge in [-0.05, 0) is 48.8 Å². The third kappa shape index (κ3) is 3.10. The standard InChI is InChI=1S/C15H22ClFN2/c1-2-15(7-3-4-8-15)14(19-18)9-11-5-6-12(17)10-13(11)16/h5-6,10,14,19H,2-4,7-9,18H2,1H3. The minimum Gasteiger partial charge on any atom is -0.271 e. The van der Waals surface area contributed by atoms with Gasteiger partial charge in [-0.15, -0.1) is 0 Å². The molecule has 0 radical (unpaired) electrons. The van der Waals surface area contributed by atoms with Gasteiger partial charge in [-0.25, -0.2) is 4.39 Å². The number of hydrogen-bond acceptors (Lipinski definition) is 2. The van der Waals surface area contributed by atoms with E-state index in [1.165, 1.54) is 37.8 Å². The van der Waals surface area contributed by atoms with E-state index in [0.717, 1.165) is 18.4 Å². The van der Waals surface area contributed by atoms with Crippen LogP contribution >= 0.6 is 11.6 Å². The Bertz CT molecular complexity index is 430. The molecule has 4 heteroatoms. The Kier molecular flexibility index (Phi) is 4.82. The van der Waals surface area contributed by atoms with E-state index in [9.17, 15) is 4.39 Å². The fourth-order valence-corrected chi connectivity index (χ4v) is 3.63. The van der Waals surface area contributed by atoms with Crippen LogP contribution in [-0.4, -0.2) is 6.04 Å². The van der Waals surface area contributed by atoms with E-state index in [-0.39, 0.29) is 17.3 Å². The maximum absolute atomic E-state index is 13.1. The zero-order chi connectivity index (χ0) is 13.9. The fourth-order valence-electron chi connectivity index (χ4n) is 3.39. The van der Waals surface area contributed by atoms with E-state index in [2.05, 4.69) is 12.3 Å². The van der Waals surface area contributed by atoms with E-state index in [4.69, 9.17) is 17.4 Å². The molecule has 2 rings (SSSR count). The summed E-state index contributed by atoms with van der Waals surface area (Å²) in [5, 5.41) is 0.490. The number of halogens is 2. The second kappa shape index (κ2) is 6.21. The molecule has 0 amide bonds. The first-order chi connectivity index (χ1) is 9.11. The minimum atomic E-state index is -0.294. The first-order valence-corrected chi connectivity index (χ1v) is 7.39. The van der Waals surface area contributed by atoms with Crippen molar-refractivity contribution >= 4 is 11.6 Å². The molecule has 106 valence electrons. The number of hydrogen-bond donors (Lipinski definition) is 2. The van der Waals surface area contributed by atoms with Crippen molar-refractivity contribution in [3.63, 3.8) is 0 Å². The Hall–Kier alpha value is -0.640. The van der Waals surface area contributed by atoms with Crippen molar-refractivity contribution in [2.45, 2.75) is 51.5 Å². The molecule has 0 saturated heterocycles. The molecule has 1 aliphatic rings. The molecule has 1 aromatic rings. The monoisotopic (exact) mass is 284 g/mol. The molecule has 0 spiro atoms. The Morgan fingerprint density at radius 1 is 1.42 bits per heavy atom. The fraction of sp³-hybridized carbons (Fsp3) is 0.600. The predicted molar refractivity (Wildman–Crippen MR) is 77.4 cm³/mol. The molecule has 3 N–H and O–H groups in total. The maximum Gasteiger partial charge on any atom is 0.124 e. The van der Waals surface area contributed by atoms with E-state index in [0.29, 0.717) is 5.02 Å². The van der Waals surface area contributed by atoms with Crippen LogP contribution in [0.2, 0.25) is 5.02 Å². The van der Waals surface area contributed by atoms with Gasteiger partial charge in [-0.1, -0.05) is 37.4 Å². The summed E-state index contributed by atoms with van der Waals surface area (Å²) in [6, 6.07) is 4.79. The topological polar surface area (TPSA) is 38.0 Å². The smallest absolute Gasteiger partial charge is 0.124 e. The quantitative estimate of drug-likeness (QED) is 0.637. The molecular formula is C15H22ClFN2. The normalized spacial score (nSPS) is 19.6. The van der Waals surface area contributed by atoms with E-state index >= 15 is 0 Å². The maximum atomic E-state index is 13.1. The van der Waals surface area contributed by atoms with Gasteiger partial charge in [0, 0.05) is 11.1 Å². The second-order valence-corrected chi connectivity index (χ2v) is 5.99. The van der Waals surface area contributed by atoms with Crippen molar-refractivity contribution in [1.82, 2.24) is 5.43 Å². The highest BCUT2D eigenvalue weighted by atomic mass is 35.5. The summed E-state index contributed by atoms with van der Waals surface area (Å²) < 4.78 is 13.1. The van der Waals surface area contributed by atoms with Gasteiger partial charge in [0.15, 0.2) is 0 Å². The van der Waals surface area contributed by atoms with Gasteiger partial charge in [0.05, 0.1) is 0 Å². The van der Waals surface area contributed by atoms with E-state index in [1.807, 2.05) is 0 Å². The molecule has 0 heterocycles. The number of rotatable bonds is 5. The molecule has 1 saturated carbocycles. The summed E-state index contributed by atoms with van der Waals surface area (Å²) in [6.07, 6.45) is 6.81. The molecular weight excluding hydrogens is 263 g/mol. The molecule has 0 aromatic heterocycles. The molecule has 1 fully saturated rings. The zero-order valence-electron chi connectivity index (χ0n) is 11.4. The summed E-state index contributed by atoms with van der Waals surface area (Å²) in [4.78, 5) is 0.